The molecule has 68 valence electrons. The molecule has 0 saturated carbocycles. The molecule has 13 heavy (non-hydrogen) atoms. The van der Waals surface area contributed by atoms with Crippen LogP contribution in [-0.4, -0.2) is 22.3 Å². The Morgan fingerprint density at radius 3 is 2.46 bits per heavy atom. The highest BCUT2D eigenvalue weighted by Gasteiger charge is 2.12. The molecule has 0 amide bonds. The van der Waals surface area contributed by atoms with Crippen LogP contribution in [0.4, 0.5) is 0 Å². The van der Waals surface area contributed by atoms with Gasteiger partial charge >= 0.3 is 0 Å². The van der Waals surface area contributed by atoms with Crippen LogP contribution in [0.2, 0.25) is 0 Å². The fourth-order valence-electron chi connectivity index (χ4n) is 0.909. The van der Waals surface area contributed by atoms with Crippen LogP contribution in [0.5, 0.6) is 0 Å². The molecule has 0 unspecified atom stereocenters. The largest absolute Gasteiger partial charge is 0.410 e. The van der Waals surface area contributed by atoms with Gasteiger partial charge < -0.3 is 5.21 Å². The Hall–Kier alpha value is -1.29. The quantitative estimate of drug-likeness (QED) is 0.444. The van der Waals surface area contributed by atoms with E-state index >= 15 is 0 Å². The summed E-state index contributed by atoms with van der Waals surface area (Å²) in [4.78, 5) is 11.2. The van der Waals surface area contributed by atoms with Crippen LogP contribution < -0.4 is 0 Å². The van der Waals surface area contributed by atoms with Gasteiger partial charge in [-0.2, -0.15) is 0 Å². The highest BCUT2D eigenvalue weighted by Crippen LogP contribution is 2.07. The summed E-state index contributed by atoms with van der Waals surface area (Å²) in [6, 6.07) is 8.86. The number of hydrogen-bond acceptors (Lipinski definition) is 4. The average molecular weight is 195 g/mol. The fourth-order valence-corrected chi connectivity index (χ4v) is 1.26. The van der Waals surface area contributed by atoms with Crippen LogP contribution in [0.1, 0.15) is 5.56 Å². The molecule has 0 aliphatic rings. The maximum atomic E-state index is 11.2. The molecule has 1 aromatic rings. The second kappa shape index (κ2) is 4.67. The Morgan fingerprint density at radius 1 is 1.38 bits per heavy atom. The van der Waals surface area contributed by atoms with Crippen LogP contribution >= 0.6 is 11.8 Å². The number of carbonyl (C=O) groups excluding carboxylic acids is 1. The van der Waals surface area contributed by atoms with Crippen LogP contribution in [0, 0.1) is 0 Å². The zero-order valence-corrected chi connectivity index (χ0v) is 7.91. The molecule has 0 aliphatic carbocycles. The monoisotopic (exact) mass is 195 g/mol. The predicted octanol–water partition coefficient (Wildman–Crippen LogP) is 1.75. The Kier molecular flexibility index (Phi) is 3.52. The highest BCUT2D eigenvalue weighted by molar-refractivity contribution is 8.14. The second-order valence-electron chi connectivity index (χ2n) is 2.31. The van der Waals surface area contributed by atoms with E-state index in [4.69, 9.17) is 5.21 Å². The van der Waals surface area contributed by atoms with E-state index in [0.717, 1.165) is 11.8 Å². The standard InChI is InChI=1S/C9H9NO2S/c1-13-9(11)8(10-12)7-5-3-2-4-6-7/h2-6,12H,1H3/b10-8+. The molecule has 0 spiro atoms. The van der Waals surface area contributed by atoms with Gasteiger partial charge in [-0.25, -0.2) is 0 Å². The lowest BCUT2D eigenvalue weighted by Gasteiger charge is -1.99. The molecule has 0 bridgehead atoms. The van der Waals surface area contributed by atoms with Crippen LogP contribution in [0.15, 0.2) is 35.5 Å². The summed E-state index contributed by atoms with van der Waals surface area (Å²) in [6.45, 7) is 0. The number of hydrogen-bond donors (Lipinski definition) is 1. The van der Waals surface area contributed by atoms with Gasteiger partial charge in [0.25, 0.3) is 0 Å². The Morgan fingerprint density at radius 2 is 2.00 bits per heavy atom. The van der Waals surface area contributed by atoms with Gasteiger partial charge in [0.05, 0.1) is 0 Å². The van der Waals surface area contributed by atoms with Gasteiger partial charge in [0.15, 0.2) is 5.71 Å². The third-order valence-corrected chi connectivity index (χ3v) is 2.09. The van der Waals surface area contributed by atoms with Crippen LogP contribution in [0.3, 0.4) is 0 Å². The molecular weight excluding hydrogens is 186 g/mol. The molecule has 1 N–H and O–H groups in total. The first-order valence-electron chi connectivity index (χ1n) is 3.65. The first kappa shape index (κ1) is 9.80. The van der Waals surface area contributed by atoms with Crippen LogP contribution in [0.25, 0.3) is 0 Å². The molecule has 0 radical (unpaired) electrons. The maximum Gasteiger partial charge on any atom is 0.241 e. The van der Waals surface area contributed by atoms with E-state index in [1.807, 2.05) is 6.07 Å². The van der Waals surface area contributed by atoms with Crippen molar-refractivity contribution in [3.63, 3.8) is 0 Å². The molecule has 0 aromatic heterocycles. The minimum Gasteiger partial charge on any atom is -0.410 e. The topological polar surface area (TPSA) is 49.7 Å². The first-order valence-corrected chi connectivity index (χ1v) is 4.88. The van der Waals surface area contributed by atoms with E-state index in [9.17, 15) is 4.79 Å². The van der Waals surface area contributed by atoms with Crippen molar-refractivity contribution in [3.8, 4) is 0 Å². The van der Waals surface area contributed by atoms with Gasteiger partial charge in [-0.1, -0.05) is 47.2 Å². The predicted molar refractivity (Wildman–Crippen MR) is 53.3 cm³/mol. The van der Waals surface area contributed by atoms with Crippen molar-refractivity contribution in [1.29, 1.82) is 0 Å². The minimum atomic E-state index is -0.242. The van der Waals surface area contributed by atoms with Crippen molar-refractivity contribution in [1.82, 2.24) is 0 Å². The molecule has 0 heterocycles. The van der Waals surface area contributed by atoms with Gasteiger partial charge in [-0.15, -0.1) is 0 Å². The molecule has 1 aromatic carbocycles. The fraction of sp³-hybridized carbons (Fsp3) is 0.111. The molecule has 0 saturated heterocycles. The number of thioether (sulfide) groups is 1. The van der Waals surface area contributed by atoms with Crippen molar-refractivity contribution in [2.24, 2.45) is 5.16 Å². The van der Waals surface area contributed by atoms with Crippen molar-refractivity contribution in [2.45, 2.75) is 0 Å². The smallest absolute Gasteiger partial charge is 0.241 e. The Labute approximate surface area is 80.5 Å². The van der Waals surface area contributed by atoms with Crippen LogP contribution in [-0.2, 0) is 4.79 Å². The van der Waals surface area contributed by atoms with Gasteiger partial charge in [0, 0.05) is 5.56 Å². The van der Waals surface area contributed by atoms with E-state index in [-0.39, 0.29) is 10.8 Å². The lowest BCUT2D eigenvalue weighted by atomic mass is 10.1. The Bertz CT molecular complexity index is 322. The molecule has 4 heteroatoms. The summed E-state index contributed by atoms with van der Waals surface area (Å²) in [5.74, 6) is 0. The van der Waals surface area contributed by atoms with Gasteiger partial charge in [-0.3, -0.25) is 4.79 Å². The molecule has 0 fully saturated rings. The van der Waals surface area contributed by atoms with E-state index in [2.05, 4.69) is 5.16 Å². The number of carbonyl (C=O) groups is 1. The van der Waals surface area contributed by atoms with Gasteiger partial charge in [-0.05, 0) is 6.26 Å². The maximum absolute atomic E-state index is 11.2. The summed E-state index contributed by atoms with van der Waals surface area (Å²) >= 11 is 1.02. The van der Waals surface area contributed by atoms with Crippen molar-refractivity contribution >= 4 is 22.6 Å². The molecule has 3 nitrogen and oxygen atoms in total. The third kappa shape index (κ3) is 2.32. The van der Waals surface area contributed by atoms with E-state index < -0.39 is 0 Å². The Balaban J connectivity index is 3.00. The SMILES string of the molecule is CSC(=O)/C(=N/O)c1ccccc1. The third-order valence-electron chi connectivity index (χ3n) is 1.53. The lowest BCUT2D eigenvalue weighted by Crippen LogP contribution is -2.11. The molecule has 1 rings (SSSR count). The van der Waals surface area contributed by atoms with Crippen molar-refractivity contribution < 1.29 is 10.0 Å². The number of rotatable bonds is 2. The summed E-state index contributed by atoms with van der Waals surface area (Å²) in [6.07, 6.45) is 1.65. The lowest BCUT2D eigenvalue weighted by molar-refractivity contribution is -0.105. The zero-order chi connectivity index (χ0) is 9.68. The highest BCUT2D eigenvalue weighted by atomic mass is 32.2. The summed E-state index contributed by atoms with van der Waals surface area (Å²) in [7, 11) is 0. The van der Waals surface area contributed by atoms with E-state index in [0.29, 0.717) is 5.56 Å². The normalized spacial score (nSPS) is 11.3. The van der Waals surface area contributed by atoms with Gasteiger partial charge in [0.1, 0.15) is 0 Å². The molecule has 0 aliphatic heterocycles. The average Bonchev–Trinajstić information content (AvgIpc) is 2.20. The number of benzene rings is 1. The first-order chi connectivity index (χ1) is 6.29. The number of oxime groups is 1. The zero-order valence-electron chi connectivity index (χ0n) is 7.10. The van der Waals surface area contributed by atoms with E-state index in [1.54, 1.807) is 30.5 Å². The minimum absolute atomic E-state index is 0.0908. The van der Waals surface area contributed by atoms with Crippen molar-refractivity contribution in [3.05, 3.63) is 35.9 Å². The van der Waals surface area contributed by atoms with Gasteiger partial charge in [0.2, 0.25) is 5.12 Å². The van der Waals surface area contributed by atoms with Crippen molar-refractivity contribution in [2.75, 3.05) is 6.26 Å². The summed E-state index contributed by atoms with van der Waals surface area (Å²) < 4.78 is 0. The molecular formula is C9H9NO2S. The molecule has 0 atom stereocenters. The second-order valence-corrected chi connectivity index (χ2v) is 3.09. The summed E-state index contributed by atoms with van der Waals surface area (Å²) in [5, 5.41) is 11.4. The summed E-state index contributed by atoms with van der Waals surface area (Å²) in [5.41, 5.74) is 0.720. The van der Waals surface area contributed by atoms with E-state index in [1.165, 1.54) is 0 Å². The number of nitrogens with zero attached hydrogens (tertiary/aromatic N) is 1.